The number of aliphatic hydroxyl groups excluding tert-OH is 3. The van der Waals surface area contributed by atoms with Crippen LogP contribution in [-0.2, 0) is 94.4 Å². The maximum Gasteiger partial charge on any atom is 0.305 e. The molecule has 20 N–H and O–H groups in total. The second-order valence-corrected chi connectivity index (χ2v) is 25.5. The first-order valence-electron chi connectivity index (χ1n) is 33.6. The number of primary amides is 1. The predicted octanol–water partition coefficient (Wildman–Crippen LogP) is -1.71. The number of aliphatic hydroxyl groups is 3. The Morgan fingerprint density at radius 3 is 1.57 bits per heavy atom. The zero-order chi connectivity index (χ0) is 77.2. The van der Waals surface area contributed by atoms with Gasteiger partial charge in [0.2, 0.25) is 65.0 Å². The second kappa shape index (κ2) is 39.1. The smallest absolute Gasteiger partial charge is 0.305 e. The fraction of sp³-hybridized carbons (Fsp3) is 0.370. The number of nitrogens with one attached hydrogen (secondary N) is 11. The highest BCUT2D eigenvalue weighted by Gasteiger charge is 2.42. The predicted molar refractivity (Wildman–Crippen MR) is 381 cm³/mol. The highest BCUT2D eigenvalue weighted by atomic mass is 16.4. The van der Waals surface area contributed by atoms with Crippen LogP contribution in [0.25, 0.3) is 22.3 Å². The van der Waals surface area contributed by atoms with Crippen LogP contribution in [0.3, 0.4) is 0 Å². The van der Waals surface area contributed by atoms with Gasteiger partial charge >= 0.3 is 11.9 Å². The van der Waals surface area contributed by atoms with Crippen LogP contribution < -0.4 is 64.6 Å². The highest BCUT2D eigenvalue weighted by molar-refractivity contribution is 6.01. The first-order valence-corrected chi connectivity index (χ1v) is 33.6. The molecule has 5 aromatic carbocycles. The standard InChI is InChI=1S/C73H90N14O18/c1-7-46-18-12-14-20-51(46)48-27-23-44(24-28-48)30-54(67(100)80-53(63(75)96)29-43-21-25-47(26-22-43)50-19-13-11-15-39(50)2)82-68(101)56(33-60(94)95)83-69(102)57(37-88)84-70(103)61(41(4)89)86-72(105)73(6,34-45-16-9-8-10-17-45)87-71(104)62(42(5)90)85-58(91)36-77-66(99)55(32-59(92)93)81-64(97)40(3)79-65(98)52(74)31-49-35-76-38-78-49/h8-28,35,38,40-42,52-57,61-62,88-90H,7,29-34,36-37,74H2,1-6H3,(H2,75,96)(H,76,78)(H,77,99)(H,79,98)(H,80,100)(H,81,97)(H,82,101)(H,83,102)(H,84,103)(H,85,91)(H,86,105)(H,87,104)(H,92,93)(H,94,95)/t40-,41+,42+,52-,53-,54-,55-,56-,57-,61-,62-,73-/m0/s1. The number of hydrogen-bond donors (Lipinski definition) is 18. The zero-order valence-corrected chi connectivity index (χ0v) is 58.6. The topological polar surface area (TPSA) is 524 Å². The Morgan fingerprint density at radius 1 is 0.524 bits per heavy atom. The molecule has 6 aromatic rings. The number of carbonyl (C=O) groups is 13. The van der Waals surface area contributed by atoms with E-state index in [9.17, 15) is 87.9 Å². The molecule has 0 unspecified atom stereocenters. The molecule has 11 amide bonds. The molecule has 6 rings (SSSR count). The maximum absolute atomic E-state index is 14.6. The van der Waals surface area contributed by atoms with E-state index in [0.717, 1.165) is 53.6 Å². The molecule has 12 atom stereocenters. The van der Waals surface area contributed by atoms with Gasteiger partial charge in [-0.3, -0.25) is 62.3 Å². The van der Waals surface area contributed by atoms with E-state index in [2.05, 4.69) is 63.1 Å². The fourth-order valence-corrected chi connectivity index (χ4v) is 11.2. The summed E-state index contributed by atoms with van der Waals surface area (Å²) >= 11 is 0. The molecule has 0 saturated carbocycles. The molecule has 0 aliphatic rings. The summed E-state index contributed by atoms with van der Waals surface area (Å²) in [5.41, 5.74) is 17.4. The number of H-pyrrole nitrogens is 1. The number of nitrogens with zero attached hydrogens (tertiary/aromatic N) is 1. The number of carboxylic acid groups (broad SMARTS) is 2. The molecule has 105 heavy (non-hydrogen) atoms. The number of benzene rings is 5. The molecule has 0 radical (unpaired) electrons. The van der Waals surface area contributed by atoms with Crippen LogP contribution in [0.4, 0.5) is 0 Å². The number of rotatable bonds is 39. The van der Waals surface area contributed by atoms with E-state index < -0.39 is 175 Å². The van der Waals surface area contributed by atoms with Crippen LogP contribution in [0.5, 0.6) is 0 Å². The van der Waals surface area contributed by atoms with Crippen LogP contribution in [0.2, 0.25) is 0 Å². The fourth-order valence-electron chi connectivity index (χ4n) is 11.2. The molecule has 560 valence electrons. The van der Waals surface area contributed by atoms with Gasteiger partial charge in [0.1, 0.15) is 53.9 Å². The lowest BCUT2D eigenvalue weighted by Gasteiger charge is -2.34. The summed E-state index contributed by atoms with van der Waals surface area (Å²) in [4.78, 5) is 182. The highest BCUT2D eigenvalue weighted by Crippen LogP contribution is 2.26. The molecule has 1 aromatic heterocycles. The molecular formula is C73H90N14O18. The normalized spacial score (nSPS) is 14.8. The number of amides is 11. The van der Waals surface area contributed by atoms with Crippen molar-refractivity contribution in [3.8, 4) is 22.3 Å². The summed E-state index contributed by atoms with van der Waals surface area (Å²) in [6.07, 6.45) is -2.89. The summed E-state index contributed by atoms with van der Waals surface area (Å²) in [6, 6.07) is 22.4. The zero-order valence-electron chi connectivity index (χ0n) is 58.6. The van der Waals surface area contributed by atoms with Crippen molar-refractivity contribution in [1.29, 1.82) is 0 Å². The number of aliphatic carboxylic acids is 2. The summed E-state index contributed by atoms with van der Waals surface area (Å²) in [5.74, 6) is -15.6. The Labute approximate surface area is 604 Å². The van der Waals surface area contributed by atoms with E-state index in [1.165, 1.54) is 26.4 Å². The van der Waals surface area contributed by atoms with Crippen LogP contribution >= 0.6 is 0 Å². The third kappa shape index (κ3) is 24.8. The van der Waals surface area contributed by atoms with Gasteiger partial charge in [0.25, 0.3) is 0 Å². The van der Waals surface area contributed by atoms with Crippen molar-refractivity contribution in [2.24, 2.45) is 11.5 Å². The summed E-state index contributed by atoms with van der Waals surface area (Å²) in [6.45, 7) is 6.30. The van der Waals surface area contributed by atoms with E-state index >= 15 is 0 Å². The molecule has 0 aliphatic carbocycles. The molecule has 0 spiro atoms. The van der Waals surface area contributed by atoms with Gasteiger partial charge in [0.05, 0.1) is 50.6 Å². The molecule has 1 heterocycles. The number of carboxylic acids is 2. The summed E-state index contributed by atoms with van der Waals surface area (Å²) in [7, 11) is 0. The van der Waals surface area contributed by atoms with Crippen molar-refractivity contribution < 1.29 is 87.9 Å². The lowest BCUT2D eigenvalue weighted by molar-refractivity contribution is -0.142. The van der Waals surface area contributed by atoms with Crippen molar-refractivity contribution in [1.82, 2.24) is 63.1 Å². The largest absolute Gasteiger partial charge is 0.481 e. The van der Waals surface area contributed by atoms with E-state index in [1.54, 1.807) is 54.6 Å². The van der Waals surface area contributed by atoms with Gasteiger partial charge in [-0.1, -0.05) is 134 Å². The average molecular weight is 1450 g/mol. The van der Waals surface area contributed by atoms with Crippen LogP contribution in [0.15, 0.2) is 140 Å². The first-order chi connectivity index (χ1) is 49.8. The van der Waals surface area contributed by atoms with Gasteiger partial charge in [-0.15, -0.1) is 0 Å². The molecule has 0 aliphatic heterocycles. The lowest BCUT2D eigenvalue weighted by atomic mass is 9.90. The molecule has 0 fully saturated rings. The van der Waals surface area contributed by atoms with Crippen molar-refractivity contribution in [2.45, 2.75) is 159 Å². The Balaban J connectivity index is 1.15. The van der Waals surface area contributed by atoms with Crippen LogP contribution in [0, 0.1) is 6.92 Å². The van der Waals surface area contributed by atoms with Crippen molar-refractivity contribution in [3.63, 3.8) is 0 Å². The monoisotopic (exact) mass is 1450 g/mol. The van der Waals surface area contributed by atoms with Crippen molar-refractivity contribution >= 4 is 76.9 Å². The minimum atomic E-state index is -2.18. The number of carbonyl (C=O) groups excluding carboxylic acids is 11. The lowest BCUT2D eigenvalue weighted by Crippen LogP contribution is -2.67. The van der Waals surface area contributed by atoms with Crippen molar-refractivity contribution in [2.75, 3.05) is 13.2 Å². The van der Waals surface area contributed by atoms with Gasteiger partial charge in [0.15, 0.2) is 0 Å². The molecule has 0 saturated heterocycles. The molecule has 0 bridgehead atoms. The number of imidazole rings is 1. The SMILES string of the molecule is CCc1ccccc1-c1ccc(C[C@H](NC(=O)[C@H](CC(=O)O)NC(=O)[C@H](CO)NC(=O)[C@@H](NC(=O)[C@](C)(Cc2ccccc2)NC(=O)[C@@H](NC(=O)CNC(=O)[C@H](CC(=O)O)NC(=O)[C@H](C)NC(=O)[C@@H](N)Cc2cnc[nH]2)[C@@H](C)O)[C@@H](C)O)C(=O)N[C@@H](Cc2ccc(-c3ccccc3C)cc2)C(N)=O)cc1. The van der Waals surface area contributed by atoms with Crippen LogP contribution in [-0.4, -0.2) is 198 Å². The summed E-state index contributed by atoms with van der Waals surface area (Å²) < 4.78 is 0. The Bertz CT molecular complexity index is 4050. The minimum absolute atomic E-state index is 0.0205. The van der Waals surface area contributed by atoms with E-state index in [1.807, 2.05) is 86.6 Å². The van der Waals surface area contributed by atoms with E-state index in [0.29, 0.717) is 22.4 Å². The third-order valence-corrected chi connectivity index (χ3v) is 17.0. The number of aromatic nitrogens is 2. The maximum atomic E-state index is 14.6. The Kier molecular flexibility index (Phi) is 30.6. The van der Waals surface area contributed by atoms with Gasteiger partial charge in [-0.2, -0.15) is 0 Å². The number of aryl methyl sites for hydroxylation is 2. The van der Waals surface area contributed by atoms with E-state index in [4.69, 9.17) is 11.5 Å². The van der Waals surface area contributed by atoms with Crippen molar-refractivity contribution in [3.05, 3.63) is 173 Å². The van der Waals surface area contributed by atoms with Crippen LogP contribution in [0.1, 0.15) is 81.0 Å². The number of aromatic amines is 1. The van der Waals surface area contributed by atoms with Gasteiger partial charge in [0, 0.05) is 37.6 Å². The third-order valence-electron chi connectivity index (χ3n) is 17.0. The molecular weight excluding hydrogens is 1360 g/mol. The average Bonchev–Trinajstić information content (AvgIpc) is 1.04. The minimum Gasteiger partial charge on any atom is -0.481 e. The van der Waals surface area contributed by atoms with Gasteiger partial charge < -0.3 is 95.2 Å². The summed E-state index contributed by atoms with van der Waals surface area (Å²) in [5, 5.41) is 75.3. The quantitative estimate of drug-likeness (QED) is 0.0204. The van der Waals surface area contributed by atoms with Gasteiger partial charge in [-0.05, 0) is 91.1 Å². The Hall–Kier alpha value is -11.7. The van der Waals surface area contributed by atoms with E-state index in [-0.39, 0.29) is 25.7 Å². The Morgan fingerprint density at radius 2 is 1.02 bits per heavy atom. The second-order valence-electron chi connectivity index (χ2n) is 25.5. The molecule has 32 heteroatoms. The molecule has 32 nitrogen and oxygen atoms in total. The number of nitrogens with two attached hydrogens (primary N) is 2. The first kappa shape index (κ1) is 82.2. The van der Waals surface area contributed by atoms with Gasteiger partial charge in [-0.25, -0.2) is 4.98 Å². The number of hydrogen-bond acceptors (Lipinski definition) is 18.